The van der Waals surface area contributed by atoms with Gasteiger partial charge < -0.3 is 14.5 Å². The van der Waals surface area contributed by atoms with Crippen molar-refractivity contribution in [3.63, 3.8) is 0 Å². The number of piperazine rings is 1. The molecule has 0 aliphatic carbocycles. The van der Waals surface area contributed by atoms with E-state index in [0.717, 1.165) is 19.6 Å². The lowest BCUT2D eigenvalue weighted by atomic mass is 10.2. The minimum atomic E-state index is 0.0369. The van der Waals surface area contributed by atoms with Gasteiger partial charge in [0.05, 0.1) is 0 Å². The second-order valence-corrected chi connectivity index (χ2v) is 5.35. The summed E-state index contributed by atoms with van der Waals surface area (Å²) in [5, 5.41) is 0.659. The molecule has 0 aromatic heterocycles. The molecule has 0 radical (unpaired) electrons. The topological polar surface area (TPSA) is 32.8 Å². The predicted molar refractivity (Wildman–Crippen MR) is 75.6 cm³/mol. The molecule has 0 spiro atoms. The van der Waals surface area contributed by atoms with Crippen molar-refractivity contribution in [2.75, 3.05) is 33.3 Å². The number of amides is 1. The van der Waals surface area contributed by atoms with Crippen LogP contribution in [-0.2, 0) is 4.79 Å². The zero-order valence-corrected chi connectivity index (χ0v) is 12.1. The van der Waals surface area contributed by atoms with Gasteiger partial charge in [0.2, 0.25) is 0 Å². The summed E-state index contributed by atoms with van der Waals surface area (Å²) in [6.45, 7) is 4.65. The second-order valence-electron chi connectivity index (χ2n) is 4.91. The van der Waals surface area contributed by atoms with E-state index in [1.54, 1.807) is 24.3 Å². The molecular formula is C14H19ClN2O2. The Balaban J connectivity index is 1.83. The molecule has 1 aromatic rings. The lowest BCUT2D eigenvalue weighted by molar-refractivity contribution is -0.135. The normalized spacial score (nSPS) is 20.4. The maximum atomic E-state index is 12.0. The third kappa shape index (κ3) is 3.85. The van der Waals surface area contributed by atoms with Gasteiger partial charge in [-0.1, -0.05) is 11.6 Å². The highest BCUT2D eigenvalue weighted by molar-refractivity contribution is 6.30. The minimum absolute atomic E-state index is 0.0369. The van der Waals surface area contributed by atoms with Gasteiger partial charge >= 0.3 is 0 Å². The molecule has 1 amide bonds. The number of hydrogen-bond acceptors (Lipinski definition) is 3. The molecular weight excluding hydrogens is 264 g/mol. The van der Waals surface area contributed by atoms with Crippen LogP contribution in [0, 0.1) is 0 Å². The van der Waals surface area contributed by atoms with E-state index in [0.29, 0.717) is 16.8 Å². The number of carbonyl (C=O) groups is 1. The van der Waals surface area contributed by atoms with Crippen molar-refractivity contribution in [2.24, 2.45) is 0 Å². The van der Waals surface area contributed by atoms with Crippen LogP contribution in [0.4, 0.5) is 0 Å². The molecule has 0 N–H and O–H groups in total. The molecule has 1 aromatic carbocycles. The molecule has 1 atom stereocenters. The number of halogens is 1. The lowest BCUT2D eigenvalue weighted by Gasteiger charge is -2.37. The fraction of sp³-hybridized carbons (Fsp3) is 0.500. The zero-order chi connectivity index (χ0) is 13.8. The van der Waals surface area contributed by atoms with E-state index in [-0.39, 0.29) is 12.5 Å². The SMILES string of the molecule is CC1CN(C(=O)COc2ccc(Cl)cc2)CCN1C. The van der Waals surface area contributed by atoms with E-state index in [2.05, 4.69) is 18.9 Å². The van der Waals surface area contributed by atoms with Crippen LogP contribution in [0.1, 0.15) is 6.92 Å². The van der Waals surface area contributed by atoms with E-state index in [1.165, 1.54) is 0 Å². The first-order chi connectivity index (χ1) is 9.06. The van der Waals surface area contributed by atoms with Crippen molar-refractivity contribution in [1.29, 1.82) is 0 Å². The van der Waals surface area contributed by atoms with Gasteiger partial charge in [0.15, 0.2) is 6.61 Å². The Morgan fingerprint density at radius 1 is 1.37 bits per heavy atom. The van der Waals surface area contributed by atoms with Gasteiger partial charge in [-0.3, -0.25) is 4.79 Å². The highest BCUT2D eigenvalue weighted by atomic mass is 35.5. The second kappa shape index (κ2) is 6.26. The van der Waals surface area contributed by atoms with E-state index in [4.69, 9.17) is 16.3 Å². The average molecular weight is 283 g/mol. The Bertz CT molecular complexity index is 436. The van der Waals surface area contributed by atoms with Crippen molar-refractivity contribution < 1.29 is 9.53 Å². The molecule has 1 aliphatic rings. The van der Waals surface area contributed by atoms with Crippen LogP contribution in [-0.4, -0.2) is 55.0 Å². The van der Waals surface area contributed by atoms with Crippen molar-refractivity contribution in [3.05, 3.63) is 29.3 Å². The van der Waals surface area contributed by atoms with Gasteiger partial charge in [-0.25, -0.2) is 0 Å². The summed E-state index contributed by atoms with van der Waals surface area (Å²) in [5.74, 6) is 0.704. The summed E-state index contributed by atoms with van der Waals surface area (Å²) in [4.78, 5) is 16.2. The third-order valence-electron chi connectivity index (χ3n) is 3.49. The molecule has 0 bridgehead atoms. The van der Waals surface area contributed by atoms with Crippen LogP contribution >= 0.6 is 11.6 Å². The van der Waals surface area contributed by atoms with Gasteiger partial charge in [0, 0.05) is 30.7 Å². The van der Waals surface area contributed by atoms with Crippen molar-refractivity contribution >= 4 is 17.5 Å². The fourth-order valence-electron chi connectivity index (χ4n) is 2.04. The Hall–Kier alpha value is -1.26. The molecule has 1 unspecified atom stereocenters. The molecule has 4 nitrogen and oxygen atoms in total. The number of likely N-dealkylation sites (N-methyl/N-ethyl adjacent to an activating group) is 1. The van der Waals surface area contributed by atoms with Crippen molar-refractivity contribution in [1.82, 2.24) is 9.80 Å². The largest absolute Gasteiger partial charge is 0.484 e. The maximum Gasteiger partial charge on any atom is 0.260 e. The van der Waals surface area contributed by atoms with Crippen LogP contribution in [0.3, 0.4) is 0 Å². The summed E-state index contributed by atoms with van der Waals surface area (Å²) < 4.78 is 5.47. The van der Waals surface area contributed by atoms with Gasteiger partial charge in [-0.05, 0) is 38.2 Å². The Kier molecular flexibility index (Phi) is 4.66. The molecule has 104 valence electrons. The number of rotatable bonds is 3. The van der Waals surface area contributed by atoms with E-state index >= 15 is 0 Å². The number of nitrogens with zero attached hydrogens (tertiary/aromatic N) is 2. The summed E-state index contributed by atoms with van der Waals surface area (Å²) in [6, 6.07) is 7.43. The molecule has 19 heavy (non-hydrogen) atoms. The smallest absolute Gasteiger partial charge is 0.260 e. The van der Waals surface area contributed by atoms with Crippen LogP contribution in [0.5, 0.6) is 5.75 Å². The molecule has 1 heterocycles. The van der Waals surface area contributed by atoms with E-state index < -0.39 is 0 Å². The highest BCUT2D eigenvalue weighted by Crippen LogP contribution is 2.15. The molecule has 1 aliphatic heterocycles. The molecule has 1 saturated heterocycles. The first-order valence-electron chi connectivity index (χ1n) is 6.42. The Morgan fingerprint density at radius 3 is 2.68 bits per heavy atom. The summed E-state index contributed by atoms with van der Waals surface area (Å²) in [7, 11) is 2.08. The quantitative estimate of drug-likeness (QED) is 0.849. The van der Waals surface area contributed by atoms with Crippen LogP contribution in [0.15, 0.2) is 24.3 Å². The van der Waals surface area contributed by atoms with E-state index in [1.807, 2.05) is 4.90 Å². The average Bonchev–Trinajstić information content (AvgIpc) is 2.41. The first-order valence-corrected chi connectivity index (χ1v) is 6.80. The predicted octanol–water partition coefficient (Wildman–Crippen LogP) is 1.88. The zero-order valence-electron chi connectivity index (χ0n) is 11.3. The molecule has 5 heteroatoms. The fourth-order valence-corrected chi connectivity index (χ4v) is 2.17. The molecule has 1 fully saturated rings. The highest BCUT2D eigenvalue weighted by Gasteiger charge is 2.24. The van der Waals surface area contributed by atoms with Crippen LogP contribution in [0.25, 0.3) is 0 Å². The molecule has 0 saturated carbocycles. The number of ether oxygens (including phenoxy) is 1. The number of carbonyl (C=O) groups excluding carboxylic acids is 1. The Labute approximate surface area is 118 Å². The first kappa shape index (κ1) is 14.2. The summed E-state index contributed by atoms with van der Waals surface area (Å²) >= 11 is 5.79. The Morgan fingerprint density at radius 2 is 2.05 bits per heavy atom. The van der Waals surface area contributed by atoms with Gasteiger partial charge in [-0.15, -0.1) is 0 Å². The van der Waals surface area contributed by atoms with Gasteiger partial charge in [-0.2, -0.15) is 0 Å². The molecule has 2 rings (SSSR count). The summed E-state index contributed by atoms with van der Waals surface area (Å²) in [5.41, 5.74) is 0. The standard InChI is InChI=1S/C14H19ClN2O2/c1-11-9-17(8-7-16(11)2)14(18)10-19-13-5-3-12(15)4-6-13/h3-6,11H,7-10H2,1-2H3. The maximum absolute atomic E-state index is 12.0. The monoisotopic (exact) mass is 282 g/mol. The minimum Gasteiger partial charge on any atom is -0.484 e. The van der Waals surface area contributed by atoms with Crippen LogP contribution < -0.4 is 4.74 Å². The van der Waals surface area contributed by atoms with E-state index in [9.17, 15) is 4.79 Å². The number of hydrogen-bond donors (Lipinski definition) is 0. The summed E-state index contributed by atoms with van der Waals surface area (Å²) in [6.07, 6.45) is 0. The third-order valence-corrected chi connectivity index (χ3v) is 3.74. The van der Waals surface area contributed by atoms with Crippen LogP contribution in [0.2, 0.25) is 5.02 Å². The van der Waals surface area contributed by atoms with Crippen molar-refractivity contribution in [2.45, 2.75) is 13.0 Å². The lowest BCUT2D eigenvalue weighted by Crippen LogP contribution is -2.53. The van der Waals surface area contributed by atoms with Crippen molar-refractivity contribution in [3.8, 4) is 5.75 Å². The van der Waals surface area contributed by atoms with Gasteiger partial charge in [0.1, 0.15) is 5.75 Å². The number of benzene rings is 1. The van der Waals surface area contributed by atoms with Gasteiger partial charge in [0.25, 0.3) is 5.91 Å².